The maximum Gasteiger partial charge on any atom is 0.337 e. The monoisotopic (exact) mass is 358 g/mol. The second kappa shape index (κ2) is 7.00. The largest absolute Gasteiger partial charge is 0.465 e. The maximum absolute atomic E-state index is 13.0. The number of benzene rings is 2. The van der Waals surface area contributed by atoms with E-state index in [0.29, 0.717) is 18.4 Å². The molecule has 5 heteroatoms. The first kappa shape index (κ1) is 17.7. The Morgan fingerprint density at radius 2 is 1.64 bits per heavy atom. The van der Waals surface area contributed by atoms with Gasteiger partial charge in [-0.25, -0.2) is 13.2 Å². The molecule has 2 aromatic carbocycles. The summed E-state index contributed by atoms with van der Waals surface area (Å²) in [5, 5.41) is -0.355. The van der Waals surface area contributed by atoms with E-state index in [2.05, 4.69) is 0 Å². The first-order valence-electron chi connectivity index (χ1n) is 8.46. The van der Waals surface area contributed by atoms with Crippen LogP contribution in [0.3, 0.4) is 0 Å². The molecule has 0 N–H and O–H groups in total. The average Bonchev–Trinajstić information content (AvgIpc) is 3.16. The smallest absolute Gasteiger partial charge is 0.337 e. The molecule has 0 radical (unpaired) electrons. The Kier molecular flexibility index (Phi) is 4.95. The van der Waals surface area contributed by atoms with Crippen molar-refractivity contribution in [3.05, 3.63) is 53.6 Å². The Morgan fingerprint density at radius 3 is 2.24 bits per heavy atom. The van der Waals surface area contributed by atoms with Crippen molar-refractivity contribution >= 4 is 15.8 Å². The topological polar surface area (TPSA) is 60.4 Å². The SMILES string of the molecule is COC(=O)c1cc(-c2ccc(C)cc2)cc(S(=O)(=O)C2CCCC2)c1. The fourth-order valence-electron chi connectivity index (χ4n) is 3.30. The molecule has 0 spiro atoms. The van der Waals surface area contributed by atoms with Crippen molar-refractivity contribution in [1.82, 2.24) is 0 Å². The molecule has 3 rings (SSSR count). The lowest BCUT2D eigenvalue weighted by Crippen LogP contribution is -2.18. The summed E-state index contributed by atoms with van der Waals surface area (Å²) in [6.07, 6.45) is 3.24. The van der Waals surface area contributed by atoms with Gasteiger partial charge in [0.15, 0.2) is 9.84 Å². The summed E-state index contributed by atoms with van der Waals surface area (Å²) in [6, 6.07) is 12.6. The number of methoxy groups -OCH3 is 1. The lowest BCUT2D eigenvalue weighted by atomic mass is 10.0. The molecule has 1 aliphatic carbocycles. The van der Waals surface area contributed by atoms with Crippen molar-refractivity contribution < 1.29 is 17.9 Å². The standard InChI is InChI=1S/C20H22O4S/c1-14-7-9-15(10-8-14)16-11-17(20(21)24-2)13-19(12-16)25(22,23)18-5-3-4-6-18/h7-13,18H,3-6H2,1-2H3. The van der Waals surface area contributed by atoms with Crippen molar-refractivity contribution in [2.45, 2.75) is 42.8 Å². The molecule has 0 aliphatic heterocycles. The van der Waals surface area contributed by atoms with Gasteiger partial charge in [0.25, 0.3) is 0 Å². The van der Waals surface area contributed by atoms with Crippen LogP contribution < -0.4 is 0 Å². The predicted octanol–water partition coefficient (Wildman–Crippen LogP) is 4.16. The maximum atomic E-state index is 13.0. The third-order valence-corrected chi connectivity index (χ3v) is 7.02. The fraction of sp³-hybridized carbons (Fsp3) is 0.350. The van der Waals surface area contributed by atoms with Gasteiger partial charge < -0.3 is 4.74 Å². The lowest BCUT2D eigenvalue weighted by Gasteiger charge is -2.14. The van der Waals surface area contributed by atoms with Gasteiger partial charge in [-0.3, -0.25) is 0 Å². The molecule has 0 unspecified atom stereocenters. The van der Waals surface area contributed by atoms with Crippen LogP contribution in [0.1, 0.15) is 41.6 Å². The molecule has 0 aromatic heterocycles. The highest BCUT2D eigenvalue weighted by Crippen LogP contribution is 2.32. The van der Waals surface area contributed by atoms with Crippen molar-refractivity contribution in [1.29, 1.82) is 0 Å². The first-order chi connectivity index (χ1) is 11.9. The molecule has 4 nitrogen and oxygen atoms in total. The van der Waals surface area contributed by atoms with E-state index in [1.807, 2.05) is 31.2 Å². The van der Waals surface area contributed by atoms with E-state index in [0.717, 1.165) is 24.0 Å². The second-order valence-electron chi connectivity index (χ2n) is 6.56. The quantitative estimate of drug-likeness (QED) is 0.770. The van der Waals surface area contributed by atoms with E-state index in [4.69, 9.17) is 4.74 Å². The highest BCUT2D eigenvalue weighted by molar-refractivity contribution is 7.92. The molecule has 0 heterocycles. The molecule has 1 aliphatic rings. The summed E-state index contributed by atoms with van der Waals surface area (Å²) in [5.41, 5.74) is 2.96. The van der Waals surface area contributed by atoms with Crippen molar-refractivity contribution in [3.8, 4) is 11.1 Å². The fourth-order valence-corrected chi connectivity index (χ4v) is 5.22. The molecule has 2 aromatic rings. The number of esters is 1. The minimum absolute atomic E-state index is 0.206. The average molecular weight is 358 g/mol. The Bertz CT molecular complexity index is 876. The summed E-state index contributed by atoms with van der Waals surface area (Å²) in [4.78, 5) is 12.2. The molecule has 132 valence electrons. The predicted molar refractivity (Wildman–Crippen MR) is 97.4 cm³/mol. The summed E-state index contributed by atoms with van der Waals surface area (Å²) < 4.78 is 30.8. The van der Waals surface area contributed by atoms with Gasteiger partial charge in [-0.15, -0.1) is 0 Å². The lowest BCUT2D eigenvalue weighted by molar-refractivity contribution is 0.0600. The van der Waals surface area contributed by atoms with E-state index in [1.54, 1.807) is 12.1 Å². The molecular weight excluding hydrogens is 336 g/mol. The number of carbonyl (C=O) groups excluding carboxylic acids is 1. The molecule has 0 amide bonds. The number of carbonyl (C=O) groups is 1. The Labute approximate surface area is 148 Å². The van der Waals surface area contributed by atoms with E-state index in [-0.39, 0.29) is 15.7 Å². The van der Waals surface area contributed by atoms with Crippen LogP contribution in [0.2, 0.25) is 0 Å². The third kappa shape index (κ3) is 3.61. The van der Waals surface area contributed by atoms with Gasteiger partial charge >= 0.3 is 5.97 Å². The zero-order valence-electron chi connectivity index (χ0n) is 14.5. The van der Waals surface area contributed by atoms with Crippen molar-refractivity contribution in [3.63, 3.8) is 0 Å². The molecule has 0 bridgehead atoms. The van der Waals surface area contributed by atoms with Gasteiger partial charge in [-0.2, -0.15) is 0 Å². The summed E-state index contributed by atoms with van der Waals surface area (Å²) in [5.74, 6) is -0.531. The van der Waals surface area contributed by atoms with Gasteiger partial charge in [-0.05, 0) is 49.1 Å². The Morgan fingerprint density at radius 1 is 1.00 bits per heavy atom. The Balaban J connectivity index is 2.13. The van der Waals surface area contributed by atoms with E-state index in [9.17, 15) is 13.2 Å². The van der Waals surface area contributed by atoms with Gasteiger partial charge in [-0.1, -0.05) is 42.7 Å². The van der Waals surface area contributed by atoms with E-state index >= 15 is 0 Å². The highest BCUT2D eigenvalue weighted by Gasteiger charge is 2.31. The molecule has 25 heavy (non-hydrogen) atoms. The van der Waals surface area contributed by atoms with Gasteiger partial charge in [0.1, 0.15) is 0 Å². The van der Waals surface area contributed by atoms with Crippen LogP contribution in [-0.2, 0) is 14.6 Å². The van der Waals surface area contributed by atoms with Crippen molar-refractivity contribution in [2.75, 3.05) is 7.11 Å². The Hall–Kier alpha value is -2.14. The third-order valence-electron chi connectivity index (χ3n) is 4.78. The molecule has 1 saturated carbocycles. The number of ether oxygens (including phenoxy) is 1. The zero-order chi connectivity index (χ0) is 18.0. The number of sulfone groups is 1. The minimum Gasteiger partial charge on any atom is -0.465 e. The van der Waals surface area contributed by atoms with Crippen LogP contribution in [0.15, 0.2) is 47.4 Å². The molecule has 0 atom stereocenters. The number of aryl methyl sites for hydroxylation is 1. The van der Waals surface area contributed by atoms with Crippen LogP contribution in [0.4, 0.5) is 0 Å². The number of hydrogen-bond donors (Lipinski definition) is 0. The van der Waals surface area contributed by atoms with Crippen LogP contribution in [0.25, 0.3) is 11.1 Å². The van der Waals surface area contributed by atoms with Crippen LogP contribution in [-0.4, -0.2) is 26.7 Å². The zero-order valence-corrected chi connectivity index (χ0v) is 15.3. The summed E-state index contributed by atoms with van der Waals surface area (Å²) >= 11 is 0. The van der Waals surface area contributed by atoms with Crippen LogP contribution in [0, 0.1) is 6.92 Å². The summed E-state index contributed by atoms with van der Waals surface area (Å²) in [7, 11) is -2.15. The number of hydrogen-bond acceptors (Lipinski definition) is 4. The molecule has 0 saturated heterocycles. The van der Waals surface area contributed by atoms with Gasteiger partial charge in [0.05, 0.1) is 22.8 Å². The highest BCUT2D eigenvalue weighted by atomic mass is 32.2. The van der Waals surface area contributed by atoms with Crippen LogP contribution >= 0.6 is 0 Å². The summed E-state index contributed by atoms with van der Waals surface area (Å²) in [6.45, 7) is 1.99. The first-order valence-corrected chi connectivity index (χ1v) is 10.0. The van der Waals surface area contributed by atoms with Crippen LogP contribution in [0.5, 0.6) is 0 Å². The van der Waals surface area contributed by atoms with Gasteiger partial charge in [0, 0.05) is 0 Å². The molecule has 1 fully saturated rings. The van der Waals surface area contributed by atoms with E-state index < -0.39 is 15.8 Å². The van der Waals surface area contributed by atoms with Gasteiger partial charge in [0.2, 0.25) is 0 Å². The second-order valence-corrected chi connectivity index (χ2v) is 8.78. The molecular formula is C20H22O4S. The minimum atomic E-state index is -3.45. The normalized spacial score (nSPS) is 15.3. The van der Waals surface area contributed by atoms with E-state index in [1.165, 1.54) is 13.2 Å². The number of rotatable bonds is 4. The van der Waals surface area contributed by atoms with Crippen molar-refractivity contribution in [2.24, 2.45) is 0 Å².